The van der Waals surface area contributed by atoms with Crippen LogP contribution in [0.15, 0.2) is 65.7 Å². The summed E-state index contributed by atoms with van der Waals surface area (Å²) in [6.07, 6.45) is 0. The second-order valence-corrected chi connectivity index (χ2v) is 8.06. The summed E-state index contributed by atoms with van der Waals surface area (Å²) in [5.41, 5.74) is 2.56. The van der Waals surface area contributed by atoms with Crippen molar-refractivity contribution in [3.63, 3.8) is 0 Å². The first-order chi connectivity index (χ1) is 13.5. The largest absolute Gasteiger partial charge is 0.350 e. The molecule has 4 nitrogen and oxygen atoms in total. The average molecular weight is 429 g/mol. The number of amides is 2. The monoisotopic (exact) mass is 428 g/mol. The molecule has 4 rings (SSSR count). The number of halogens is 2. The summed E-state index contributed by atoms with van der Waals surface area (Å²) in [7, 11) is 0. The van der Waals surface area contributed by atoms with E-state index >= 15 is 0 Å². The maximum Gasteiger partial charge on any atom is 0.282 e. The van der Waals surface area contributed by atoms with Gasteiger partial charge in [0.1, 0.15) is 5.70 Å². The summed E-state index contributed by atoms with van der Waals surface area (Å²) in [5, 5.41) is 5.99. The Labute approximate surface area is 176 Å². The lowest BCUT2D eigenvalue weighted by molar-refractivity contribution is -0.120. The molecule has 7 heteroatoms. The average Bonchev–Trinajstić information content (AvgIpc) is 3.25. The molecular formula is C21H14Cl2N2O2S. The second kappa shape index (κ2) is 7.43. The van der Waals surface area contributed by atoms with E-state index in [4.69, 9.17) is 23.2 Å². The zero-order valence-electron chi connectivity index (χ0n) is 14.7. The van der Waals surface area contributed by atoms with Gasteiger partial charge in [0.25, 0.3) is 11.8 Å². The fourth-order valence-corrected chi connectivity index (χ4v) is 4.13. The topological polar surface area (TPSA) is 49.4 Å². The van der Waals surface area contributed by atoms with Crippen LogP contribution in [0.5, 0.6) is 0 Å². The fourth-order valence-electron chi connectivity index (χ4n) is 3.01. The van der Waals surface area contributed by atoms with Crippen molar-refractivity contribution in [2.24, 2.45) is 0 Å². The van der Waals surface area contributed by atoms with Gasteiger partial charge in [0.05, 0.1) is 11.3 Å². The molecule has 1 aliphatic heterocycles. The molecule has 0 saturated heterocycles. The Hall–Kier alpha value is -2.60. The van der Waals surface area contributed by atoms with Crippen LogP contribution in [0.4, 0.5) is 11.4 Å². The van der Waals surface area contributed by atoms with Gasteiger partial charge in [-0.05, 0) is 54.3 Å². The van der Waals surface area contributed by atoms with Crippen LogP contribution in [0.25, 0.3) is 5.57 Å². The molecule has 2 heterocycles. The molecule has 0 aliphatic carbocycles. The van der Waals surface area contributed by atoms with E-state index in [1.54, 1.807) is 36.4 Å². The van der Waals surface area contributed by atoms with E-state index in [9.17, 15) is 9.59 Å². The van der Waals surface area contributed by atoms with E-state index in [0.717, 1.165) is 10.5 Å². The van der Waals surface area contributed by atoms with E-state index in [2.05, 4.69) is 5.32 Å². The molecule has 2 aromatic carbocycles. The van der Waals surface area contributed by atoms with Gasteiger partial charge in [0.2, 0.25) is 0 Å². The normalized spacial score (nSPS) is 14.2. The van der Waals surface area contributed by atoms with Crippen LogP contribution in [-0.4, -0.2) is 11.8 Å². The van der Waals surface area contributed by atoms with E-state index in [0.29, 0.717) is 31.9 Å². The molecule has 0 spiro atoms. The first-order valence-corrected chi connectivity index (χ1v) is 10.0. The summed E-state index contributed by atoms with van der Waals surface area (Å²) in [6.45, 7) is 1.90. The number of rotatable bonds is 4. The number of nitrogens with one attached hydrogen (secondary N) is 1. The number of benzene rings is 2. The van der Waals surface area contributed by atoms with Gasteiger partial charge >= 0.3 is 0 Å². The van der Waals surface area contributed by atoms with Crippen molar-refractivity contribution in [2.45, 2.75) is 6.92 Å². The third-order valence-corrected chi connectivity index (χ3v) is 5.73. The van der Waals surface area contributed by atoms with Gasteiger partial charge in [-0.3, -0.25) is 9.59 Å². The van der Waals surface area contributed by atoms with Crippen LogP contribution in [0, 0.1) is 6.92 Å². The van der Waals surface area contributed by atoms with Crippen molar-refractivity contribution in [1.82, 2.24) is 0 Å². The standard InChI is InChI=1S/C21H14Cl2N2O2S/c1-12-7-8-14(23)11-16(12)24-19-18(17-6-3-9-28-17)20(26)25(21(19)27)15-5-2-4-13(22)10-15/h2-11,24H,1H3. The van der Waals surface area contributed by atoms with Crippen molar-refractivity contribution in [3.05, 3.63) is 86.2 Å². The molecule has 2 amide bonds. The molecule has 3 aromatic rings. The molecule has 140 valence electrons. The van der Waals surface area contributed by atoms with Crippen molar-refractivity contribution in [3.8, 4) is 0 Å². The maximum atomic E-state index is 13.2. The second-order valence-electron chi connectivity index (χ2n) is 6.24. The van der Waals surface area contributed by atoms with Crippen LogP contribution in [0.3, 0.4) is 0 Å². The number of nitrogens with zero attached hydrogens (tertiary/aromatic N) is 1. The Morgan fingerprint density at radius 3 is 2.43 bits per heavy atom. The van der Waals surface area contributed by atoms with Gasteiger partial charge in [-0.25, -0.2) is 4.90 Å². The fraction of sp³-hybridized carbons (Fsp3) is 0.0476. The van der Waals surface area contributed by atoms with E-state index in [1.165, 1.54) is 11.3 Å². The highest BCUT2D eigenvalue weighted by Crippen LogP contribution is 2.36. The molecular weight excluding hydrogens is 415 g/mol. The van der Waals surface area contributed by atoms with Crippen molar-refractivity contribution in [1.29, 1.82) is 0 Å². The molecule has 1 N–H and O–H groups in total. The van der Waals surface area contributed by atoms with Crippen molar-refractivity contribution in [2.75, 3.05) is 10.2 Å². The van der Waals surface area contributed by atoms with Crippen LogP contribution in [0.2, 0.25) is 10.0 Å². The lowest BCUT2D eigenvalue weighted by Crippen LogP contribution is -2.32. The van der Waals surface area contributed by atoms with Crippen LogP contribution >= 0.6 is 34.5 Å². The summed E-state index contributed by atoms with van der Waals surface area (Å²) < 4.78 is 0. The molecule has 0 bridgehead atoms. The van der Waals surface area contributed by atoms with Crippen molar-refractivity contribution >= 4 is 63.3 Å². The lowest BCUT2D eigenvalue weighted by atomic mass is 10.1. The summed E-state index contributed by atoms with van der Waals surface area (Å²) in [5.74, 6) is -0.827. The Kier molecular flexibility index (Phi) is 4.98. The Morgan fingerprint density at radius 2 is 1.71 bits per heavy atom. The molecule has 0 saturated carbocycles. The zero-order valence-corrected chi connectivity index (χ0v) is 17.0. The van der Waals surface area contributed by atoms with Crippen LogP contribution in [0.1, 0.15) is 10.4 Å². The van der Waals surface area contributed by atoms with Crippen molar-refractivity contribution < 1.29 is 9.59 Å². The summed E-state index contributed by atoms with van der Waals surface area (Å²) in [6, 6.07) is 15.7. The van der Waals surface area contributed by atoms with E-state index in [1.807, 2.05) is 30.5 Å². The zero-order chi connectivity index (χ0) is 19.8. The SMILES string of the molecule is Cc1ccc(Cl)cc1NC1=C(c2cccs2)C(=O)N(c2cccc(Cl)c2)C1=O. The Bertz CT molecular complexity index is 1120. The first kappa shape index (κ1) is 18.7. The highest BCUT2D eigenvalue weighted by molar-refractivity contribution is 7.11. The van der Waals surface area contributed by atoms with Gasteiger partial charge in [-0.1, -0.05) is 41.4 Å². The van der Waals surface area contributed by atoms with E-state index in [-0.39, 0.29) is 5.70 Å². The molecule has 28 heavy (non-hydrogen) atoms. The maximum absolute atomic E-state index is 13.2. The molecule has 0 fully saturated rings. The predicted molar refractivity (Wildman–Crippen MR) is 115 cm³/mol. The molecule has 0 unspecified atom stereocenters. The highest BCUT2D eigenvalue weighted by atomic mass is 35.5. The van der Waals surface area contributed by atoms with E-state index < -0.39 is 11.8 Å². The number of aryl methyl sites for hydroxylation is 1. The summed E-state index contributed by atoms with van der Waals surface area (Å²) >= 11 is 13.6. The third kappa shape index (κ3) is 3.33. The number of anilines is 2. The molecule has 1 aromatic heterocycles. The van der Waals surface area contributed by atoms with Gasteiger partial charge < -0.3 is 5.32 Å². The minimum atomic E-state index is -0.435. The number of hydrogen-bond donors (Lipinski definition) is 1. The first-order valence-electron chi connectivity index (χ1n) is 8.41. The number of imide groups is 1. The minimum absolute atomic E-state index is 0.220. The number of carbonyl (C=O) groups is 2. The molecule has 0 atom stereocenters. The Morgan fingerprint density at radius 1 is 0.929 bits per heavy atom. The van der Waals surface area contributed by atoms with Crippen LogP contribution in [-0.2, 0) is 9.59 Å². The Balaban J connectivity index is 1.83. The van der Waals surface area contributed by atoms with Gasteiger partial charge in [-0.15, -0.1) is 11.3 Å². The predicted octanol–water partition coefficient (Wildman–Crippen LogP) is 5.76. The minimum Gasteiger partial charge on any atom is -0.350 e. The smallest absolute Gasteiger partial charge is 0.282 e. The molecule has 1 aliphatic rings. The van der Waals surface area contributed by atoms with Gasteiger partial charge in [-0.2, -0.15) is 0 Å². The lowest BCUT2D eigenvalue weighted by Gasteiger charge is -2.16. The third-order valence-electron chi connectivity index (χ3n) is 4.38. The number of thiophene rings is 1. The molecule has 0 radical (unpaired) electrons. The van der Waals surface area contributed by atoms with Crippen LogP contribution < -0.4 is 10.2 Å². The summed E-state index contributed by atoms with van der Waals surface area (Å²) in [4.78, 5) is 28.3. The number of carbonyl (C=O) groups excluding carboxylic acids is 2. The van der Waals surface area contributed by atoms with Gasteiger partial charge in [0.15, 0.2) is 0 Å². The highest BCUT2D eigenvalue weighted by Gasteiger charge is 2.40. The quantitative estimate of drug-likeness (QED) is 0.537. The van der Waals surface area contributed by atoms with Gasteiger partial charge in [0, 0.05) is 20.6 Å². The number of hydrogen-bond acceptors (Lipinski definition) is 4.